The van der Waals surface area contributed by atoms with Crippen molar-refractivity contribution in [1.82, 2.24) is 4.90 Å². The van der Waals surface area contributed by atoms with Crippen LogP contribution in [0.25, 0.3) is 0 Å². The third kappa shape index (κ3) is 3.80. The van der Waals surface area contributed by atoms with Gasteiger partial charge in [0.25, 0.3) is 0 Å². The summed E-state index contributed by atoms with van der Waals surface area (Å²) in [5.41, 5.74) is 1.27. The Kier molecular flexibility index (Phi) is 5.43. The molecule has 0 spiro atoms. The summed E-state index contributed by atoms with van der Waals surface area (Å²) in [5, 5.41) is 9.30. The molecule has 6 nitrogen and oxygen atoms in total. The minimum absolute atomic E-state index is 0.0126. The maximum Gasteiger partial charge on any atom is 0.336 e. The SMILES string of the molecule is O=C(O)c1ccccc1SCC(=O)N1CCC[C@H]1c1ccc2c(c1)OCCO2. The molecule has 0 radical (unpaired) electrons. The molecule has 2 aromatic carbocycles. The first-order valence-corrected chi connectivity index (χ1v) is 10.3. The smallest absolute Gasteiger partial charge is 0.336 e. The molecule has 0 aliphatic carbocycles. The fourth-order valence-electron chi connectivity index (χ4n) is 3.67. The summed E-state index contributed by atoms with van der Waals surface area (Å²) in [4.78, 5) is 26.7. The van der Waals surface area contributed by atoms with Gasteiger partial charge >= 0.3 is 5.97 Å². The lowest BCUT2D eigenvalue weighted by Crippen LogP contribution is -2.32. The molecule has 1 fully saturated rings. The third-order valence-electron chi connectivity index (χ3n) is 4.99. The van der Waals surface area contributed by atoms with Crippen LogP contribution in [0.4, 0.5) is 0 Å². The standard InChI is InChI=1S/C21H21NO5S/c23-20(13-28-19-6-2-1-4-15(19)21(24)25)22-9-3-5-16(22)14-7-8-17-18(12-14)27-11-10-26-17/h1-2,4,6-8,12,16H,3,5,9-11,13H2,(H,24,25)/t16-/m0/s1. The number of fused-ring (bicyclic) bond motifs is 1. The molecule has 2 aliphatic heterocycles. The summed E-state index contributed by atoms with van der Waals surface area (Å²) < 4.78 is 11.2. The molecule has 0 bridgehead atoms. The van der Waals surface area contributed by atoms with Crippen LogP contribution in [0.5, 0.6) is 11.5 Å². The number of benzene rings is 2. The first-order valence-electron chi connectivity index (χ1n) is 9.27. The lowest BCUT2D eigenvalue weighted by molar-refractivity contribution is -0.129. The van der Waals surface area contributed by atoms with Crippen LogP contribution in [0.2, 0.25) is 0 Å². The first-order chi connectivity index (χ1) is 13.6. The highest BCUT2D eigenvalue weighted by Gasteiger charge is 2.31. The highest BCUT2D eigenvalue weighted by atomic mass is 32.2. The van der Waals surface area contributed by atoms with Gasteiger partial charge < -0.3 is 19.5 Å². The average Bonchev–Trinajstić information content (AvgIpc) is 3.22. The molecule has 1 amide bonds. The van der Waals surface area contributed by atoms with E-state index in [1.165, 1.54) is 11.8 Å². The number of nitrogens with zero attached hydrogens (tertiary/aromatic N) is 1. The highest BCUT2D eigenvalue weighted by Crippen LogP contribution is 2.38. The molecule has 28 heavy (non-hydrogen) atoms. The minimum Gasteiger partial charge on any atom is -0.486 e. The molecular weight excluding hydrogens is 378 g/mol. The summed E-state index contributed by atoms with van der Waals surface area (Å²) in [6, 6.07) is 12.7. The summed E-state index contributed by atoms with van der Waals surface area (Å²) >= 11 is 1.27. The second-order valence-electron chi connectivity index (χ2n) is 6.74. The minimum atomic E-state index is -0.981. The predicted molar refractivity (Wildman–Crippen MR) is 105 cm³/mol. The van der Waals surface area contributed by atoms with Crippen molar-refractivity contribution in [3.05, 3.63) is 53.6 Å². The zero-order chi connectivity index (χ0) is 19.5. The van der Waals surface area contributed by atoms with Crippen LogP contribution in [0, 0.1) is 0 Å². The average molecular weight is 399 g/mol. The van der Waals surface area contributed by atoms with Crippen molar-refractivity contribution in [3.63, 3.8) is 0 Å². The Labute approximate surface area is 167 Å². The normalized spacial score (nSPS) is 18.1. The topological polar surface area (TPSA) is 76.1 Å². The number of ether oxygens (including phenoxy) is 2. The van der Waals surface area contributed by atoms with Crippen LogP contribution in [-0.4, -0.2) is 47.4 Å². The number of carboxylic acids is 1. The molecule has 1 N–H and O–H groups in total. The lowest BCUT2D eigenvalue weighted by atomic mass is 10.0. The fourth-order valence-corrected chi connectivity index (χ4v) is 4.60. The van der Waals surface area contributed by atoms with E-state index in [-0.39, 0.29) is 23.3 Å². The number of hydrogen-bond donors (Lipinski definition) is 1. The Morgan fingerprint density at radius 2 is 1.89 bits per heavy atom. The van der Waals surface area contributed by atoms with Crippen LogP contribution >= 0.6 is 11.8 Å². The number of hydrogen-bond acceptors (Lipinski definition) is 5. The van der Waals surface area contributed by atoms with Gasteiger partial charge in [0.1, 0.15) is 13.2 Å². The molecule has 1 saturated heterocycles. The third-order valence-corrected chi connectivity index (χ3v) is 6.05. The molecule has 146 valence electrons. The van der Waals surface area contributed by atoms with Crippen LogP contribution in [-0.2, 0) is 4.79 Å². The number of thioether (sulfide) groups is 1. The van der Waals surface area contributed by atoms with Crippen LogP contribution < -0.4 is 9.47 Å². The molecule has 0 unspecified atom stereocenters. The summed E-state index contributed by atoms with van der Waals surface area (Å²) in [5.74, 6) is 0.721. The Morgan fingerprint density at radius 1 is 1.11 bits per heavy atom. The van der Waals surface area contributed by atoms with E-state index in [1.807, 2.05) is 23.1 Å². The molecule has 2 heterocycles. The van der Waals surface area contributed by atoms with Gasteiger partial charge in [-0.1, -0.05) is 18.2 Å². The van der Waals surface area contributed by atoms with Crippen LogP contribution in [0.1, 0.15) is 34.8 Å². The van der Waals surface area contributed by atoms with Gasteiger partial charge in [-0.15, -0.1) is 11.8 Å². The molecule has 4 rings (SSSR count). The van der Waals surface area contributed by atoms with Crippen molar-refractivity contribution in [2.24, 2.45) is 0 Å². The van der Waals surface area contributed by atoms with Gasteiger partial charge in [0, 0.05) is 11.4 Å². The van der Waals surface area contributed by atoms with E-state index in [0.29, 0.717) is 24.7 Å². The summed E-state index contributed by atoms with van der Waals surface area (Å²) in [7, 11) is 0. The highest BCUT2D eigenvalue weighted by molar-refractivity contribution is 8.00. The van der Waals surface area contributed by atoms with E-state index in [0.717, 1.165) is 29.9 Å². The Hall–Kier alpha value is -2.67. The largest absolute Gasteiger partial charge is 0.486 e. The van der Waals surface area contributed by atoms with Crippen molar-refractivity contribution in [1.29, 1.82) is 0 Å². The maximum atomic E-state index is 12.9. The number of carbonyl (C=O) groups is 2. The Bertz CT molecular complexity index is 900. The number of rotatable bonds is 5. The van der Waals surface area contributed by atoms with Gasteiger partial charge in [0.05, 0.1) is 17.4 Å². The molecule has 1 atom stereocenters. The number of aromatic carboxylic acids is 1. The van der Waals surface area contributed by atoms with Crippen molar-refractivity contribution in [2.45, 2.75) is 23.8 Å². The maximum absolute atomic E-state index is 12.9. The van der Waals surface area contributed by atoms with E-state index in [1.54, 1.807) is 24.3 Å². The Balaban J connectivity index is 1.46. The monoisotopic (exact) mass is 399 g/mol. The Morgan fingerprint density at radius 3 is 2.71 bits per heavy atom. The zero-order valence-electron chi connectivity index (χ0n) is 15.3. The molecule has 2 aliphatic rings. The quantitative estimate of drug-likeness (QED) is 0.774. The number of likely N-dealkylation sites (tertiary alicyclic amines) is 1. The van der Waals surface area contributed by atoms with Crippen molar-refractivity contribution < 1.29 is 24.2 Å². The van der Waals surface area contributed by atoms with Gasteiger partial charge in [0.15, 0.2) is 11.5 Å². The lowest BCUT2D eigenvalue weighted by Gasteiger charge is -2.26. The number of carboxylic acid groups (broad SMARTS) is 1. The van der Waals surface area contributed by atoms with E-state index in [9.17, 15) is 14.7 Å². The predicted octanol–water partition coefficient (Wildman–Crippen LogP) is 3.61. The van der Waals surface area contributed by atoms with Gasteiger partial charge in [0.2, 0.25) is 5.91 Å². The molecular formula is C21H21NO5S. The van der Waals surface area contributed by atoms with Crippen LogP contribution in [0.3, 0.4) is 0 Å². The van der Waals surface area contributed by atoms with Gasteiger partial charge in [-0.3, -0.25) is 4.79 Å². The van der Waals surface area contributed by atoms with Crippen molar-refractivity contribution in [3.8, 4) is 11.5 Å². The van der Waals surface area contributed by atoms with Gasteiger partial charge in [-0.25, -0.2) is 4.79 Å². The van der Waals surface area contributed by atoms with Crippen LogP contribution in [0.15, 0.2) is 47.4 Å². The van der Waals surface area contributed by atoms with Crippen molar-refractivity contribution in [2.75, 3.05) is 25.5 Å². The molecule has 0 aromatic heterocycles. The fraction of sp³-hybridized carbons (Fsp3) is 0.333. The van der Waals surface area contributed by atoms with E-state index >= 15 is 0 Å². The second kappa shape index (κ2) is 8.14. The van der Waals surface area contributed by atoms with E-state index in [2.05, 4.69) is 0 Å². The number of carbonyl (C=O) groups excluding carboxylic acids is 1. The van der Waals surface area contributed by atoms with Crippen molar-refractivity contribution >= 4 is 23.6 Å². The van der Waals surface area contributed by atoms with Gasteiger partial charge in [-0.05, 0) is 42.7 Å². The zero-order valence-corrected chi connectivity index (χ0v) is 16.1. The molecule has 2 aromatic rings. The van der Waals surface area contributed by atoms with Gasteiger partial charge in [-0.2, -0.15) is 0 Å². The molecule has 0 saturated carbocycles. The summed E-state index contributed by atoms with van der Waals surface area (Å²) in [6.07, 6.45) is 1.85. The van der Waals surface area contributed by atoms with E-state index < -0.39 is 5.97 Å². The molecule has 7 heteroatoms. The summed E-state index contributed by atoms with van der Waals surface area (Å²) in [6.45, 7) is 1.79. The first kappa shape index (κ1) is 18.7. The second-order valence-corrected chi connectivity index (χ2v) is 7.76. The number of amides is 1. The van der Waals surface area contributed by atoms with E-state index in [4.69, 9.17) is 9.47 Å².